The van der Waals surface area contributed by atoms with E-state index in [2.05, 4.69) is 28.0 Å². The molecule has 0 spiro atoms. The number of rotatable bonds is 6. The van der Waals surface area contributed by atoms with Crippen LogP contribution in [0.5, 0.6) is 0 Å². The van der Waals surface area contributed by atoms with E-state index in [0.29, 0.717) is 12.0 Å². The van der Waals surface area contributed by atoms with Crippen molar-refractivity contribution in [2.24, 2.45) is 0 Å². The fourth-order valence-electron chi connectivity index (χ4n) is 3.99. The zero-order valence-corrected chi connectivity index (χ0v) is 15.9. The lowest BCUT2D eigenvalue weighted by Gasteiger charge is -2.23. The fourth-order valence-corrected chi connectivity index (χ4v) is 3.99. The summed E-state index contributed by atoms with van der Waals surface area (Å²) < 4.78 is 15.7. The van der Waals surface area contributed by atoms with Crippen LogP contribution in [0.25, 0.3) is 22.2 Å². The van der Waals surface area contributed by atoms with Crippen molar-refractivity contribution in [1.29, 1.82) is 0 Å². The van der Waals surface area contributed by atoms with Crippen LogP contribution in [0.1, 0.15) is 57.9 Å². The van der Waals surface area contributed by atoms with Crippen molar-refractivity contribution < 1.29 is 4.39 Å². The van der Waals surface area contributed by atoms with Crippen LogP contribution in [0.15, 0.2) is 36.7 Å². The molecule has 1 fully saturated rings. The number of nitrogens with one attached hydrogen (secondary N) is 1. The molecular weight excluding hydrogens is 339 g/mol. The number of hydrogen-bond donors (Lipinski definition) is 1. The van der Waals surface area contributed by atoms with Crippen molar-refractivity contribution in [3.63, 3.8) is 0 Å². The van der Waals surface area contributed by atoms with E-state index >= 15 is 0 Å². The number of benzene rings is 1. The lowest BCUT2D eigenvalue weighted by Crippen LogP contribution is -2.13. The highest BCUT2D eigenvalue weighted by Crippen LogP contribution is 2.36. The Morgan fingerprint density at radius 2 is 1.93 bits per heavy atom. The number of nitrogens with zero attached hydrogens (tertiary/aromatic N) is 3. The molecule has 0 radical (unpaired) electrons. The number of anilines is 1. The summed E-state index contributed by atoms with van der Waals surface area (Å²) in [4.78, 5) is 9.38. The maximum atomic E-state index is 13.4. The van der Waals surface area contributed by atoms with Crippen molar-refractivity contribution >= 4 is 17.0 Å². The van der Waals surface area contributed by atoms with Gasteiger partial charge in [0.15, 0.2) is 0 Å². The number of unbranched alkanes of at least 4 members (excludes halogenated alkanes) is 1. The van der Waals surface area contributed by atoms with Gasteiger partial charge in [0, 0.05) is 35.9 Å². The molecule has 0 unspecified atom stereocenters. The molecule has 0 aliphatic heterocycles. The van der Waals surface area contributed by atoms with E-state index in [-0.39, 0.29) is 5.82 Å². The van der Waals surface area contributed by atoms with Crippen LogP contribution >= 0.6 is 0 Å². The van der Waals surface area contributed by atoms with E-state index in [1.165, 1.54) is 44.2 Å². The predicted molar refractivity (Wildman–Crippen MR) is 108 cm³/mol. The first-order chi connectivity index (χ1) is 13.3. The van der Waals surface area contributed by atoms with Crippen molar-refractivity contribution in [3.05, 3.63) is 42.5 Å². The first kappa shape index (κ1) is 18.0. The SMILES string of the molecule is CCCCNc1ncc2c(-c3ccc(F)cc3)cn(C3CCCCC3)c2n1. The van der Waals surface area contributed by atoms with Crippen LogP contribution in [0.2, 0.25) is 0 Å². The molecule has 142 valence electrons. The summed E-state index contributed by atoms with van der Waals surface area (Å²) in [6.07, 6.45) is 12.6. The molecular formula is C22H27FN4. The monoisotopic (exact) mass is 366 g/mol. The molecule has 5 heteroatoms. The summed E-state index contributed by atoms with van der Waals surface area (Å²) in [6, 6.07) is 7.18. The Labute approximate surface area is 159 Å². The molecule has 0 bridgehead atoms. The third kappa shape index (κ3) is 3.82. The maximum absolute atomic E-state index is 13.4. The van der Waals surface area contributed by atoms with Gasteiger partial charge in [-0.3, -0.25) is 0 Å². The smallest absolute Gasteiger partial charge is 0.224 e. The van der Waals surface area contributed by atoms with Crippen molar-refractivity contribution in [2.45, 2.75) is 57.9 Å². The molecule has 2 heterocycles. The molecule has 1 aromatic carbocycles. The quantitative estimate of drug-likeness (QED) is 0.548. The normalized spacial score (nSPS) is 15.3. The molecule has 1 aliphatic carbocycles. The summed E-state index contributed by atoms with van der Waals surface area (Å²) in [5, 5.41) is 4.37. The van der Waals surface area contributed by atoms with Crippen LogP contribution in [0, 0.1) is 5.82 Å². The average molecular weight is 366 g/mol. The van der Waals surface area contributed by atoms with Crippen LogP contribution in [-0.2, 0) is 0 Å². The highest BCUT2D eigenvalue weighted by Gasteiger charge is 2.21. The average Bonchev–Trinajstić information content (AvgIpc) is 3.08. The van der Waals surface area contributed by atoms with E-state index in [1.807, 2.05) is 18.3 Å². The van der Waals surface area contributed by atoms with Gasteiger partial charge in [0.25, 0.3) is 0 Å². The van der Waals surface area contributed by atoms with Gasteiger partial charge in [-0.2, -0.15) is 4.98 Å². The van der Waals surface area contributed by atoms with Gasteiger partial charge in [-0.15, -0.1) is 0 Å². The lowest BCUT2D eigenvalue weighted by atomic mass is 9.95. The molecule has 0 saturated heterocycles. The van der Waals surface area contributed by atoms with Gasteiger partial charge in [0.2, 0.25) is 5.95 Å². The topological polar surface area (TPSA) is 42.7 Å². The Morgan fingerprint density at radius 1 is 1.15 bits per heavy atom. The van der Waals surface area contributed by atoms with Gasteiger partial charge in [0.1, 0.15) is 11.5 Å². The van der Waals surface area contributed by atoms with Crippen LogP contribution in [-0.4, -0.2) is 21.1 Å². The first-order valence-electron chi connectivity index (χ1n) is 10.1. The molecule has 1 aliphatic rings. The number of hydrogen-bond acceptors (Lipinski definition) is 3. The Balaban J connectivity index is 1.77. The third-order valence-corrected chi connectivity index (χ3v) is 5.51. The van der Waals surface area contributed by atoms with E-state index in [4.69, 9.17) is 4.98 Å². The Hall–Kier alpha value is -2.43. The predicted octanol–water partition coefficient (Wildman–Crippen LogP) is 5.95. The van der Waals surface area contributed by atoms with Crippen molar-refractivity contribution in [3.8, 4) is 11.1 Å². The summed E-state index contributed by atoms with van der Waals surface area (Å²) in [7, 11) is 0. The Morgan fingerprint density at radius 3 is 2.67 bits per heavy atom. The molecule has 1 N–H and O–H groups in total. The molecule has 4 rings (SSSR count). The fraction of sp³-hybridized carbons (Fsp3) is 0.455. The summed E-state index contributed by atoms with van der Waals surface area (Å²) in [5.41, 5.74) is 3.07. The molecule has 27 heavy (non-hydrogen) atoms. The second-order valence-corrected chi connectivity index (χ2v) is 7.46. The minimum atomic E-state index is -0.214. The zero-order chi connectivity index (χ0) is 18.6. The molecule has 1 saturated carbocycles. The second-order valence-electron chi connectivity index (χ2n) is 7.46. The largest absolute Gasteiger partial charge is 0.354 e. The van der Waals surface area contributed by atoms with E-state index in [1.54, 1.807) is 0 Å². The van der Waals surface area contributed by atoms with Gasteiger partial charge in [0.05, 0.1) is 0 Å². The highest BCUT2D eigenvalue weighted by atomic mass is 19.1. The van der Waals surface area contributed by atoms with Crippen molar-refractivity contribution in [2.75, 3.05) is 11.9 Å². The lowest BCUT2D eigenvalue weighted by molar-refractivity contribution is 0.360. The van der Waals surface area contributed by atoms with Crippen LogP contribution < -0.4 is 5.32 Å². The molecule has 0 amide bonds. The number of halogens is 1. The van der Waals surface area contributed by atoms with Gasteiger partial charge < -0.3 is 9.88 Å². The Bertz CT molecular complexity index is 895. The summed E-state index contributed by atoms with van der Waals surface area (Å²) in [5.74, 6) is 0.477. The zero-order valence-electron chi connectivity index (χ0n) is 15.9. The third-order valence-electron chi connectivity index (χ3n) is 5.51. The summed E-state index contributed by atoms with van der Waals surface area (Å²) >= 11 is 0. The minimum Gasteiger partial charge on any atom is -0.354 e. The van der Waals surface area contributed by atoms with Crippen LogP contribution in [0.3, 0.4) is 0 Å². The standard InChI is InChI=1S/C22H27FN4/c1-2-3-13-24-22-25-14-19-20(16-9-11-17(23)12-10-16)15-27(21(19)26-22)18-7-5-4-6-8-18/h9-12,14-15,18H,2-8,13H2,1H3,(H,24,25,26). The van der Waals surface area contributed by atoms with Gasteiger partial charge in [-0.25, -0.2) is 9.37 Å². The number of aromatic nitrogens is 3. The first-order valence-corrected chi connectivity index (χ1v) is 10.1. The van der Waals surface area contributed by atoms with Crippen LogP contribution in [0.4, 0.5) is 10.3 Å². The minimum absolute atomic E-state index is 0.214. The van der Waals surface area contributed by atoms with Crippen molar-refractivity contribution in [1.82, 2.24) is 14.5 Å². The number of fused-ring (bicyclic) bond motifs is 1. The van der Waals surface area contributed by atoms with Gasteiger partial charge >= 0.3 is 0 Å². The van der Waals surface area contributed by atoms with E-state index in [0.717, 1.165) is 41.5 Å². The molecule has 2 aromatic heterocycles. The highest BCUT2D eigenvalue weighted by molar-refractivity contribution is 5.94. The summed E-state index contributed by atoms with van der Waals surface area (Å²) in [6.45, 7) is 3.06. The molecule has 3 aromatic rings. The molecule has 0 atom stereocenters. The van der Waals surface area contributed by atoms with Gasteiger partial charge in [-0.05, 0) is 37.0 Å². The van der Waals surface area contributed by atoms with E-state index < -0.39 is 0 Å². The maximum Gasteiger partial charge on any atom is 0.224 e. The Kier molecular flexibility index (Phi) is 5.37. The second kappa shape index (κ2) is 8.07. The molecule has 4 nitrogen and oxygen atoms in total. The van der Waals surface area contributed by atoms with E-state index in [9.17, 15) is 4.39 Å². The van der Waals surface area contributed by atoms with Gasteiger partial charge in [-0.1, -0.05) is 44.7 Å².